The van der Waals surface area contributed by atoms with Gasteiger partial charge >= 0.3 is 0 Å². The number of hydrogen-bond donors (Lipinski definition) is 3. The molecule has 112 valence electrons. The average molecular weight is 286 g/mol. The van der Waals surface area contributed by atoms with E-state index in [0.29, 0.717) is 31.7 Å². The van der Waals surface area contributed by atoms with Crippen LogP contribution in [0.5, 0.6) is 0 Å². The molecule has 0 aliphatic carbocycles. The molecule has 1 aromatic carbocycles. The first-order valence-corrected chi connectivity index (χ1v) is 6.40. The Balaban J connectivity index is 2.69. The van der Waals surface area contributed by atoms with Crippen LogP contribution in [0.25, 0.3) is 0 Å². The Morgan fingerprint density at radius 2 is 2.15 bits per heavy atom. The van der Waals surface area contributed by atoms with Gasteiger partial charge in [0.25, 0.3) is 0 Å². The lowest BCUT2D eigenvalue weighted by Crippen LogP contribution is -2.37. The van der Waals surface area contributed by atoms with E-state index in [9.17, 15) is 8.78 Å². The van der Waals surface area contributed by atoms with Gasteiger partial charge in [0.1, 0.15) is 11.5 Å². The minimum Gasteiger partial charge on any atom is -0.382 e. The molecule has 20 heavy (non-hydrogen) atoms. The van der Waals surface area contributed by atoms with Gasteiger partial charge in [-0.2, -0.15) is 0 Å². The summed E-state index contributed by atoms with van der Waals surface area (Å²) in [5, 5.41) is 2.52. The Morgan fingerprint density at radius 3 is 2.80 bits per heavy atom. The van der Waals surface area contributed by atoms with Crippen LogP contribution in [-0.4, -0.2) is 25.7 Å². The van der Waals surface area contributed by atoms with Gasteiger partial charge < -0.3 is 10.1 Å². The highest BCUT2D eigenvalue weighted by molar-refractivity contribution is 5.93. The molecule has 1 rings (SSSR count). The molecule has 0 aliphatic heterocycles. The number of nitrogens with two attached hydrogens (primary N) is 1. The van der Waals surface area contributed by atoms with Gasteiger partial charge in [-0.25, -0.2) is 14.6 Å². The van der Waals surface area contributed by atoms with Crippen molar-refractivity contribution in [1.29, 1.82) is 0 Å². The predicted octanol–water partition coefficient (Wildman–Crippen LogP) is 1.93. The van der Waals surface area contributed by atoms with Crippen molar-refractivity contribution in [3.05, 3.63) is 29.3 Å². The van der Waals surface area contributed by atoms with Crippen molar-refractivity contribution in [3.63, 3.8) is 0 Å². The molecule has 0 heterocycles. The minimum absolute atomic E-state index is 0.102. The van der Waals surface area contributed by atoms with E-state index in [4.69, 9.17) is 10.6 Å². The smallest absolute Gasteiger partial charge is 0.210 e. The molecule has 0 radical (unpaired) electrons. The van der Waals surface area contributed by atoms with Crippen molar-refractivity contribution in [2.75, 3.05) is 25.1 Å². The van der Waals surface area contributed by atoms with Crippen LogP contribution in [0.3, 0.4) is 0 Å². The zero-order chi connectivity index (χ0) is 15.0. The van der Waals surface area contributed by atoms with Gasteiger partial charge in [-0.3, -0.25) is 10.4 Å². The molecule has 0 saturated carbocycles. The predicted molar refractivity (Wildman–Crippen MR) is 75.5 cm³/mol. The highest BCUT2D eigenvalue weighted by Gasteiger charge is 2.12. The van der Waals surface area contributed by atoms with Gasteiger partial charge in [0, 0.05) is 19.8 Å². The minimum atomic E-state index is -0.703. The van der Waals surface area contributed by atoms with E-state index in [1.54, 1.807) is 6.92 Å². The quantitative estimate of drug-likeness (QED) is 0.246. The number of hydrazine groups is 1. The normalized spacial score (nSPS) is 11.6. The van der Waals surface area contributed by atoms with Crippen molar-refractivity contribution in [1.82, 2.24) is 5.43 Å². The Labute approximate surface area is 117 Å². The maximum Gasteiger partial charge on any atom is 0.210 e. The van der Waals surface area contributed by atoms with Crippen LogP contribution >= 0.6 is 0 Å². The fraction of sp³-hybridized carbons (Fsp3) is 0.462. The molecule has 7 heteroatoms. The van der Waals surface area contributed by atoms with E-state index in [0.717, 1.165) is 0 Å². The fourth-order valence-electron chi connectivity index (χ4n) is 1.51. The summed E-state index contributed by atoms with van der Waals surface area (Å²) in [6.45, 7) is 5.10. The van der Waals surface area contributed by atoms with Crippen molar-refractivity contribution in [3.8, 4) is 0 Å². The van der Waals surface area contributed by atoms with Crippen molar-refractivity contribution < 1.29 is 13.5 Å². The summed E-state index contributed by atoms with van der Waals surface area (Å²) in [6, 6.07) is 2.55. The first kappa shape index (κ1) is 16.3. The van der Waals surface area contributed by atoms with Gasteiger partial charge in [0.2, 0.25) is 5.96 Å². The number of anilines is 1. The molecule has 0 saturated heterocycles. The standard InChI is InChI=1S/C13H20F2N4O/c1-3-20-8-4-7-17-13(19-16)18-12-10(14)6-5-9(2)11(12)15/h5-6H,3-4,7-8,16H2,1-2H3,(H2,17,18,19). The van der Waals surface area contributed by atoms with E-state index in [2.05, 4.69) is 15.7 Å². The molecular weight excluding hydrogens is 266 g/mol. The van der Waals surface area contributed by atoms with Crippen molar-refractivity contribution >= 4 is 11.6 Å². The first-order valence-electron chi connectivity index (χ1n) is 6.40. The SMILES string of the molecule is CCOCCCN=C(NN)Nc1c(F)ccc(C)c1F. The second kappa shape index (κ2) is 8.44. The molecular formula is C13H20F2N4O. The number of benzene rings is 1. The number of rotatable bonds is 6. The third kappa shape index (κ3) is 4.75. The van der Waals surface area contributed by atoms with Crippen molar-refractivity contribution in [2.45, 2.75) is 20.3 Å². The van der Waals surface area contributed by atoms with Crippen LogP contribution in [0.4, 0.5) is 14.5 Å². The number of aliphatic imine (C=N–C) groups is 1. The summed E-state index contributed by atoms with van der Waals surface area (Å²) in [6.07, 6.45) is 0.694. The summed E-state index contributed by atoms with van der Waals surface area (Å²) >= 11 is 0. The van der Waals surface area contributed by atoms with Gasteiger partial charge in [0.15, 0.2) is 5.82 Å². The zero-order valence-corrected chi connectivity index (χ0v) is 11.7. The van der Waals surface area contributed by atoms with Gasteiger partial charge in [-0.1, -0.05) is 6.07 Å². The number of ether oxygens (including phenoxy) is 1. The zero-order valence-electron chi connectivity index (χ0n) is 11.7. The molecule has 0 fully saturated rings. The Hall–Kier alpha value is -1.73. The lowest BCUT2D eigenvalue weighted by molar-refractivity contribution is 0.146. The van der Waals surface area contributed by atoms with Crippen LogP contribution in [0.15, 0.2) is 17.1 Å². The Kier molecular flexibility index (Phi) is 6.89. The molecule has 0 aliphatic rings. The third-order valence-corrected chi connectivity index (χ3v) is 2.59. The maximum atomic E-state index is 13.8. The highest BCUT2D eigenvalue weighted by atomic mass is 19.1. The number of nitrogens with zero attached hydrogens (tertiary/aromatic N) is 1. The summed E-state index contributed by atoms with van der Waals surface area (Å²) in [5.74, 6) is 4.01. The molecule has 4 N–H and O–H groups in total. The molecule has 0 aromatic heterocycles. The van der Waals surface area contributed by atoms with Gasteiger partial charge in [-0.05, 0) is 31.9 Å². The molecule has 5 nitrogen and oxygen atoms in total. The van der Waals surface area contributed by atoms with E-state index in [1.165, 1.54) is 12.1 Å². The van der Waals surface area contributed by atoms with Crippen LogP contribution in [0.1, 0.15) is 18.9 Å². The maximum absolute atomic E-state index is 13.8. The van der Waals surface area contributed by atoms with E-state index in [-0.39, 0.29) is 11.6 Å². The number of halogens is 2. The van der Waals surface area contributed by atoms with Crippen molar-refractivity contribution in [2.24, 2.45) is 10.8 Å². The number of aryl methyl sites for hydroxylation is 1. The third-order valence-electron chi connectivity index (χ3n) is 2.59. The lowest BCUT2D eigenvalue weighted by atomic mass is 10.2. The summed E-state index contributed by atoms with van der Waals surface area (Å²) in [4.78, 5) is 4.08. The Bertz CT molecular complexity index is 466. The topological polar surface area (TPSA) is 71.7 Å². The highest BCUT2D eigenvalue weighted by Crippen LogP contribution is 2.21. The van der Waals surface area contributed by atoms with Gasteiger partial charge in [-0.15, -0.1) is 0 Å². The fourth-order valence-corrected chi connectivity index (χ4v) is 1.51. The average Bonchev–Trinajstić information content (AvgIpc) is 2.45. The molecule has 0 amide bonds. The van der Waals surface area contributed by atoms with Crippen LogP contribution in [-0.2, 0) is 4.74 Å². The molecule has 1 aromatic rings. The summed E-state index contributed by atoms with van der Waals surface area (Å²) in [7, 11) is 0. The van der Waals surface area contributed by atoms with Crippen LogP contribution in [0.2, 0.25) is 0 Å². The monoisotopic (exact) mass is 286 g/mol. The lowest BCUT2D eigenvalue weighted by Gasteiger charge is -2.12. The van der Waals surface area contributed by atoms with E-state index >= 15 is 0 Å². The number of nitrogens with one attached hydrogen (secondary N) is 2. The second-order valence-corrected chi connectivity index (χ2v) is 4.10. The molecule has 0 spiro atoms. The van der Waals surface area contributed by atoms with Gasteiger partial charge in [0.05, 0.1) is 0 Å². The molecule has 0 unspecified atom stereocenters. The second-order valence-electron chi connectivity index (χ2n) is 4.10. The van der Waals surface area contributed by atoms with Crippen LogP contribution < -0.4 is 16.6 Å². The van der Waals surface area contributed by atoms with E-state index in [1.807, 2.05) is 6.92 Å². The summed E-state index contributed by atoms with van der Waals surface area (Å²) < 4.78 is 32.5. The number of guanidine groups is 1. The van der Waals surface area contributed by atoms with Crippen LogP contribution in [0, 0.1) is 18.6 Å². The largest absolute Gasteiger partial charge is 0.382 e. The first-order chi connectivity index (χ1) is 9.60. The summed E-state index contributed by atoms with van der Waals surface area (Å²) in [5.41, 5.74) is 2.34. The molecule has 0 bridgehead atoms. The Morgan fingerprint density at radius 1 is 1.40 bits per heavy atom. The molecule has 0 atom stereocenters. The number of hydrogen-bond acceptors (Lipinski definition) is 3. The van der Waals surface area contributed by atoms with E-state index < -0.39 is 11.6 Å².